The van der Waals surface area contributed by atoms with Crippen molar-refractivity contribution in [2.24, 2.45) is 0 Å². The van der Waals surface area contributed by atoms with Gasteiger partial charge in [-0.3, -0.25) is 0 Å². The molecular formula is C10H20O2. The summed E-state index contributed by atoms with van der Waals surface area (Å²) >= 11 is 0. The van der Waals surface area contributed by atoms with E-state index in [1.807, 2.05) is 13.8 Å². The SMILES string of the molecule is CCC(C/C(C)=C(\C)CO)OC. The molecule has 72 valence electrons. The van der Waals surface area contributed by atoms with E-state index in [1.54, 1.807) is 7.11 Å². The molecule has 0 fully saturated rings. The highest BCUT2D eigenvalue weighted by atomic mass is 16.5. The van der Waals surface area contributed by atoms with E-state index >= 15 is 0 Å². The molecule has 0 heterocycles. The average molecular weight is 172 g/mol. The minimum atomic E-state index is 0.159. The fraction of sp³-hybridized carbons (Fsp3) is 0.800. The first-order valence-corrected chi connectivity index (χ1v) is 4.44. The number of aliphatic hydroxyl groups is 1. The van der Waals surface area contributed by atoms with Crippen LogP contribution in [0.4, 0.5) is 0 Å². The molecule has 0 aliphatic heterocycles. The number of methoxy groups -OCH3 is 1. The molecule has 12 heavy (non-hydrogen) atoms. The highest BCUT2D eigenvalue weighted by Crippen LogP contribution is 2.13. The molecule has 0 radical (unpaired) electrons. The minimum absolute atomic E-state index is 0.159. The Morgan fingerprint density at radius 3 is 2.25 bits per heavy atom. The van der Waals surface area contributed by atoms with Crippen LogP contribution in [-0.4, -0.2) is 24.9 Å². The summed E-state index contributed by atoms with van der Waals surface area (Å²) in [5.41, 5.74) is 2.30. The molecule has 0 bridgehead atoms. The highest BCUT2D eigenvalue weighted by molar-refractivity contribution is 5.10. The quantitative estimate of drug-likeness (QED) is 0.644. The van der Waals surface area contributed by atoms with Crippen molar-refractivity contribution >= 4 is 0 Å². The second-order valence-corrected chi connectivity index (χ2v) is 3.19. The van der Waals surface area contributed by atoms with Crippen molar-refractivity contribution in [1.29, 1.82) is 0 Å². The number of aliphatic hydroxyl groups excluding tert-OH is 1. The van der Waals surface area contributed by atoms with Crippen LogP contribution >= 0.6 is 0 Å². The van der Waals surface area contributed by atoms with E-state index in [-0.39, 0.29) is 6.61 Å². The lowest BCUT2D eigenvalue weighted by molar-refractivity contribution is 0.0994. The average Bonchev–Trinajstić information content (AvgIpc) is 2.12. The Hall–Kier alpha value is -0.340. The van der Waals surface area contributed by atoms with Crippen LogP contribution in [0.25, 0.3) is 0 Å². The molecule has 0 rings (SSSR count). The second-order valence-electron chi connectivity index (χ2n) is 3.19. The van der Waals surface area contributed by atoms with Crippen LogP contribution in [0.5, 0.6) is 0 Å². The first kappa shape index (κ1) is 11.7. The van der Waals surface area contributed by atoms with Gasteiger partial charge in [0.25, 0.3) is 0 Å². The van der Waals surface area contributed by atoms with Gasteiger partial charge in [-0.2, -0.15) is 0 Å². The number of rotatable bonds is 5. The maximum absolute atomic E-state index is 8.86. The lowest BCUT2D eigenvalue weighted by atomic mass is 10.0. The summed E-state index contributed by atoms with van der Waals surface area (Å²) in [5.74, 6) is 0. The maximum atomic E-state index is 8.86. The molecule has 0 aromatic carbocycles. The lowest BCUT2D eigenvalue weighted by Crippen LogP contribution is -2.10. The fourth-order valence-electron chi connectivity index (χ4n) is 1.05. The Bertz CT molecular complexity index is 146. The first-order valence-electron chi connectivity index (χ1n) is 4.44. The van der Waals surface area contributed by atoms with E-state index in [1.165, 1.54) is 5.57 Å². The van der Waals surface area contributed by atoms with Gasteiger partial charge in [-0.25, -0.2) is 0 Å². The van der Waals surface area contributed by atoms with Gasteiger partial charge in [0.1, 0.15) is 0 Å². The van der Waals surface area contributed by atoms with Gasteiger partial charge in [-0.05, 0) is 32.3 Å². The molecule has 2 heteroatoms. The van der Waals surface area contributed by atoms with Crippen molar-refractivity contribution in [3.05, 3.63) is 11.1 Å². The molecule has 1 N–H and O–H groups in total. The van der Waals surface area contributed by atoms with Gasteiger partial charge >= 0.3 is 0 Å². The third-order valence-corrected chi connectivity index (χ3v) is 2.29. The molecule has 1 unspecified atom stereocenters. The monoisotopic (exact) mass is 172 g/mol. The van der Waals surface area contributed by atoms with Crippen LogP contribution in [0.2, 0.25) is 0 Å². The van der Waals surface area contributed by atoms with Gasteiger partial charge < -0.3 is 9.84 Å². The molecule has 0 aromatic rings. The predicted molar refractivity (Wildman–Crippen MR) is 51.2 cm³/mol. The van der Waals surface area contributed by atoms with E-state index in [2.05, 4.69) is 6.92 Å². The zero-order valence-electron chi connectivity index (χ0n) is 8.55. The van der Waals surface area contributed by atoms with E-state index in [4.69, 9.17) is 9.84 Å². The third-order valence-electron chi connectivity index (χ3n) is 2.29. The van der Waals surface area contributed by atoms with Crippen molar-refractivity contribution in [3.8, 4) is 0 Å². The van der Waals surface area contributed by atoms with Crippen molar-refractivity contribution in [1.82, 2.24) is 0 Å². The number of ether oxygens (including phenoxy) is 1. The largest absolute Gasteiger partial charge is 0.392 e. The lowest BCUT2D eigenvalue weighted by Gasteiger charge is -2.14. The predicted octanol–water partition coefficient (Wildman–Crippen LogP) is 2.13. The van der Waals surface area contributed by atoms with E-state index < -0.39 is 0 Å². The van der Waals surface area contributed by atoms with Crippen LogP contribution in [0, 0.1) is 0 Å². The summed E-state index contributed by atoms with van der Waals surface area (Å²) in [6.45, 7) is 6.27. The van der Waals surface area contributed by atoms with E-state index in [0.717, 1.165) is 18.4 Å². The van der Waals surface area contributed by atoms with Gasteiger partial charge in [0.05, 0.1) is 12.7 Å². The van der Waals surface area contributed by atoms with Gasteiger partial charge in [0.2, 0.25) is 0 Å². The van der Waals surface area contributed by atoms with Crippen LogP contribution in [-0.2, 0) is 4.74 Å². The van der Waals surface area contributed by atoms with Crippen LogP contribution < -0.4 is 0 Å². The van der Waals surface area contributed by atoms with E-state index in [9.17, 15) is 0 Å². The topological polar surface area (TPSA) is 29.5 Å². The normalized spacial score (nSPS) is 15.8. The van der Waals surface area contributed by atoms with Crippen LogP contribution in [0.3, 0.4) is 0 Å². The van der Waals surface area contributed by atoms with E-state index in [0.29, 0.717) is 6.10 Å². The Balaban J connectivity index is 4.05. The molecule has 0 aliphatic carbocycles. The molecule has 2 nitrogen and oxygen atoms in total. The molecule has 0 amide bonds. The van der Waals surface area contributed by atoms with Crippen molar-refractivity contribution < 1.29 is 9.84 Å². The zero-order chi connectivity index (χ0) is 9.56. The maximum Gasteiger partial charge on any atom is 0.0641 e. The fourth-order valence-corrected chi connectivity index (χ4v) is 1.05. The standard InChI is InChI=1S/C10H20O2/c1-5-10(12-4)6-8(2)9(3)7-11/h10-11H,5-7H2,1-4H3/b9-8+. The first-order chi connectivity index (χ1) is 5.65. The summed E-state index contributed by atoms with van der Waals surface area (Å²) < 4.78 is 5.25. The summed E-state index contributed by atoms with van der Waals surface area (Å²) in [5, 5.41) is 8.86. The molecular weight excluding hydrogens is 152 g/mol. The molecule has 0 aromatic heterocycles. The zero-order valence-corrected chi connectivity index (χ0v) is 8.55. The molecule has 0 spiro atoms. The molecule has 0 aliphatic rings. The second kappa shape index (κ2) is 6.21. The smallest absolute Gasteiger partial charge is 0.0641 e. The Kier molecular flexibility index (Phi) is 6.03. The Labute approximate surface area is 75.2 Å². The Morgan fingerprint density at radius 1 is 1.33 bits per heavy atom. The van der Waals surface area contributed by atoms with Gasteiger partial charge in [0, 0.05) is 7.11 Å². The number of hydrogen-bond acceptors (Lipinski definition) is 2. The van der Waals surface area contributed by atoms with Crippen molar-refractivity contribution in [2.75, 3.05) is 13.7 Å². The van der Waals surface area contributed by atoms with Crippen LogP contribution in [0.1, 0.15) is 33.6 Å². The van der Waals surface area contributed by atoms with Crippen LogP contribution in [0.15, 0.2) is 11.1 Å². The number of hydrogen-bond donors (Lipinski definition) is 1. The summed E-state index contributed by atoms with van der Waals surface area (Å²) in [6, 6.07) is 0. The van der Waals surface area contributed by atoms with Crippen molar-refractivity contribution in [3.63, 3.8) is 0 Å². The third kappa shape index (κ3) is 3.88. The van der Waals surface area contributed by atoms with Gasteiger partial charge in [-0.1, -0.05) is 12.5 Å². The summed E-state index contributed by atoms with van der Waals surface area (Å²) in [6.07, 6.45) is 2.25. The van der Waals surface area contributed by atoms with Crippen molar-refractivity contribution in [2.45, 2.75) is 39.7 Å². The highest BCUT2D eigenvalue weighted by Gasteiger charge is 2.06. The minimum Gasteiger partial charge on any atom is -0.392 e. The summed E-state index contributed by atoms with van der Waals surface area (Å²) in [7, 11) is 1.73. The molecule has 0 saturated heterocycles. The summed E-state index contributed by atoms with van der Waals surface area (Å²) in [4.78, 5) is 0. The van der Waals surface area contributed by atoms with Gasteiger partial charge in [0.15, 0.2) is 0 Å². The molecule has 0 saturated carbocycles. The molecule has 1 atom stereocenters. The Morgan fingerprint density at radius 2 is 1.92 bits per heavy atom. The van der Waals surface area contributed by atoms with Gasteiger partial charge in [-0.15, -0.1) is 0 Å².